The first kappa shape index (κ1) is 19.8. The Bertz CT molecular complexity index is 622. The summed E-state index contributed by atoms with van der Waals surface area (Å²) < 4.78 is 12.8. The molecule has 3 heterocycles. The largest absolute Gasteiger partial charge is 0.461 e. The minimum absolute atomic E-state index is 0. The minimum Gasteiger partial charge on any atom is -0.461 e. The fourth-order valence-corrected chi connectivity index (χ4v) is 5.21. The van der Waals surface area contributed by atoms with Crippen LogP contribution in [0, 0.1) is 0 Å². The zero-order valence-electron chi connectivity index (χ0n) is 15.4. The lowest BCUT2D eigenvalue weighted by molar-refractivity contribution is -0.956. The summed E-state index contributed by atoms with van der Waals surface area (Å²) >= 11 is 0. The van der Waals surface area contributed by atoms with Crippen LogP contribution in [-0.4, -0.2) is 66.2 Å². The number of aliphatic hydroxyl groups excluding tert-OH is 1. The molecule has 1 N–H and O–H groups in total. The van der Waals surface area contributed by atoms with Crippen LogP contribution in [0.5, 0.6) is 0 Å². The van der Waals surface area contributed by atoms with Gasteiger partial charge >= 0.3 is 5.97 Å². The van der Waals surface area contributed by atoms with Crippen LogP contribution < -0.4 is 0 Å². The Morgan fingerprint density at radius 2 is 1.88 bits per heavy atom. The molecule has 26 heavy (non-hydrogen) atoms. The van der Waals surface area contributed by atoms with Crippen molar-refractivity contribution in [1.82, 2.24) is 0 Å². The third-order valence-corrected chi connectivity index (χ3v) is 6.50. The Morgan fingerprint density at radius 3 is 2.42 bits per heavy atom. The zero-order valence-corrected chi connectivity index (χ0v) is 17.1. The molecule has 3 aliphatic rings. The quantitative estimate of drug-likeness (QED) is 0.431. The molecule has 4 rings (SSSR count). The van der Waals surface area contributed by atoms with E-state index in [1.807, 2.05) is 30.3 Å². The predicted molar refractivity (Wildman–Crippen MR) is 103 cm³/mol. The first-order valence-corrected chi connectivity index (χ1v) is 9.45. The molecule has 5 nitrogen and oxygen atoms in total. The van der Waals surface area contributed by atoms with E-state index in [-0.39, 0.29) is 35.7 Å². The number of benzene rings is 1. The van der Waals surface area contributed by atoms with Gasteiger partial charge in [-0.05, 0) is 12.0 Å². The van der Waals surface area contributed by atoms with E-state index in [1.54, 1.807) is 0 Å². The van der Waals surface area contributed by atoms with Crippen LogP contribution in [-0.2, 0) is 14.3 Å². The Hall–Kier alpha value is -0.950. The molecule has 3 fully saturated rings. The molecule has 0 aromatic heterocycles. The molecule has 0 saturated carbocycles. The zero-order chi connectivity index (χ0) is 17.6. The molecule has 144 valence electrons. The lowest BCUT2D eigenvalue weighted by Crippen LogP contribution is -2.62. The summed E-state index contributed by atoms with van der Waals surface area (Å²) in [6.45, 7) is 3.17. The summed E-state index contributed by atoms with van der Waals surface area (Å²) in [6, 6.07) is 10.3. The molecule has 0 amide bonds. The van der Waals surface area contributed by atoms with Gasteiger partial charge in [0.15, 0.2) is 0 Å². The average molecular weight is 427 g/mol. The number of epoxide rings is 1. The summed E-state index contributed by atoms with van der Waals surface area (Å²) in [5.41, 5.74) is 0.812. The van der Waals surface area contributed by atoms with Crippen molar-refractivity contribution in [2.75, 3.05) is 20.2 Å². The second-order valence-electron chi connectivity index (χ2n) is 7.95. The summed E-state index contributed by atoms with van der Waals surface area (Å²) in [5, 5.41) is 9.67. The summed E-state index contributed by atoms with van der Waals surface area (Å²) in [7, 11) is 2.34. The number of quaternary nitrogens is 1. The number of halogens is 1. The van der Waals surface area contributed by atoms with Crippen molar-refractivity contribution in [1.29, 1.82) is 0 Å². The third-order valence-electron chi connectivity index (χ3n) is 6.50. The van der Waals surface area contributed by atoms with Crippen molar-refractivity contribution < 1.29 is 23.9 Å². The van der Waals surface area contributed by atoms with Crippen molar-refractivity contribution in [3.63, 3.8) is 0 Å². The number of nitrogens with zero attached hydrogens (tertiary/aromatic N) is 1. The molecule has 0 spiro atoms. The number of rotatable bonds is 6. The maximum absolute atomic E-state index is 12.6. The van der Waals surface area contributed by atoms with Crippen LogP contribution in [0.2, 0.25) is 0 Å². The molecule has 0 aliphatic carbocycles. The SMILES string of the molecule is Br.CCC[N+]1(C)[C@@H]2CC(OC(=O)[C@H](CO)c3ccccc3)C[C@H]1[C@@H]1O[C@@H]12. The molecule has 1 aromatic rings. The van der Waals surface area contributed by atoms with E-state index < -0.39 is 5.92 Å². The van der Waals surface area contributed by atoms with Gasteiger partial charge in [0, 0.05) is 12.8 Å². The van der Waals surface area contributed by atoms with Crippen LogP contribution in [0.25, 0.3) is 0 Å². The molecule has 3 aliphatic heterocycles. The molecule has 2 bridgehead atoms. The maximum Gasteiger partial charge on any atom is 0.316 e. The molecule has 2 unspecified atom stereocenters. The monoisotopic (exact) mass is 426 g/mol. The Kier molecular flexibility index (Phi) is 5.78. The number of morpholine rings is 1. The van der Waals surface area contributed by atoms with Crippen molar-refractivity contribution in [3.8, 4) is 0 Å². The second-order valence-corrected chi connectivity index (χ2v) is 7.95. The van der Waals surface area contributed by atoms with Gasteiger partial charge in [-0.2, -0.15) is 0 Å². The Morgan fingerprint density at radius 1 is 1.27 bits per heavy atom. The minimum atomic E-state index is -0.594. The summed E-state index contributed by atoms with van der Waals surface area (Å²) in [4.78, 5) is 12.6. The van der Waals surface area contributed by atoms with Gasteiger partial charge < -0.3 is 19.1 Å². The number of hydrogen-bond acceptors (Lipinski definition) is 4. The fraction of sp³-hybridized carbons (Fsp3) is 0.650. The van der Waals surface area contributed by atoms with Gasteiger partial charge in [0.2, 0.25) is 0 Å². The topological polar surface area (TPSA) is 59.1 Å². The number of hydrogen-bond donors (Lipinski definition) is 1. The van der Waals surface area contributed by atoms with Gasteiger partial charge in [-0.1, -0.05) is 37.3 Å². The van der Waals surface area contributed by atoms with E-state index in [2.05, 4.69) is 14.0 Å². The molecule has 3 saturated heterocycles. The summed E-state index contributed by atoms with van der Waals surface area (Å²) in [5.74, 6) is -0.901. The van der Waals surface area contributed by atoms with E-state index in [0.717, 1.165) is 35.9 Å². The number of piperidine rings is 1. The van der Waals surface area contributed by atoms with E-state index in [0.29, 0.717) is 24.3 Å². The van der Waals surface area contributed by atoms with Crippen LogP contribution in [0.3, 0.4) is 0 Å². The van der Waals surface area contributed by atoms with Gasteiger partial charge in [-0.25, -0.2) is 0 Å². The average Bonchev–Trinajstić information content (AvgIpc) is 3.35. The van der Waals surface area contributed by atoms with Crippen molar-refractivity contribution >= 4 is 23.0 Å². The van der Waals surface area contributed by atoms with Gasteiger partial charge in [-0.3, -0.25) is 4.79 Å². The van der Waals surface area contributed by atoms with Crippen molar-refractivity contribution in [2.45, 2.75) is 62.5 Å². The molecular formula is C20H29BrNO4+. The first-order valence-electron chi connectivity index (χ1n) is 9.45. The number of fused-ring (bicyclic) bond motifs is 5. The molecule has 1 aromatic carbocycles. The highest BCUT2D eigenvalue weighted by Gasteiger charge is 2.71. The van der Waals surface area contributed by atoms with E-state index in [9.17, 15) is 9.90 Å². The van der Waals surface area contributed by atoms with E-state index in [1.165, 1.54) is 0 Å². The van der Waals surface area contributed by atoms with Crippen LogP contribution >= 0.6 is 17.0 Å². The number of aliphatic hydroxyl groups is 1. The number of carbonyl (C=O) groups excluding carboxylic acids is 1. The molecular weight excluding hydrogens is 398 g/mol. The lowest BCUT2D eigenvalue weighted by atomic mass is 9.94. The van der Waals surface area contributed by atoms with Crippen LogP contribution in [0.4, 0.5) is 0 Å². The van der Waals surface area contributed by atoms with Crippen molar-refractivity contribution in [3.05, 3.63) is 35.9 Å². The van der Waals surface area contributed by atoms with Crippen molar-refractivity contribution in [2.24, 2.45) is 0 Å². The summed E-state index contributed by atoms with van der Waals surface area (Å²) in [6.07, 6.45) is 3.55. The Labute approximate surface area is 165 Å². The van der Waals surface area contributed by atoms with Crippen LogP contribution in [0.1, 0.15) is 37.7 Å². The van der Waals surface area contributed by atoms with Gasteiger partial charge in [0.25, 0.3) is 0 Å². The normalized spacial score (nSPS) is 38.0. The standard InChI is InChI=1S/C20H28NO4.BrH/c1-3-9-21(2)16-10-14(11-17(21)19-18(16)25-19)24-20(23)15(12-22)13-7-5-4-6-8-13;/h4-8,14-19,22H,3,9-12H2,1-2H3;1H/q+1;/t14?,15-,16-,17+,18-,19+,21?;/m1./s1. The van der Waals surface area contributed by atoms with E-state index in [4.69, 9.17) is 9.47 Å². The van der Waals surface area contributed by atoms with Gasteiger partial charge in [-0.15, -0.1) is 17.0 Å². The molecule has 6 heteroatoms. The highest BCUT2D eigenvalue weighted by molar-refractivity contribution is 8.93. The second kappa shape index (κ2) is 7.58. The van der Waals surface area contributed by atoms with E-state index >= 15 is 0 Å². The lowest BCUT2D eigenvalue weighted by Gasteiger charge is -2.48. The van der Waals surface area contributed by atoms with Crippen LogP contribution in [0.15, 0.2) is 30.3 Å². The predicted octanol–water partition coefficient (Wildman–Crippen LogP) is 2.42. The third kappa shape index (κ3) is 3.21. The Balaban J connectivity index is 0.00000196. The molecule has 0 radical (unpaired) electrons. The number of esters is 1. The highest BCUT2D eigenvalue weighted by atomic mass is 79.9. The first-order chi connectivity index (χ1) is 12.1. The van der Waals surface area contributed by atoms with Gasteiger partial charge in [0.05, 0.1) is 20.2 Å². The highest BCUT2D eigenvalue weighted by Crippen LogP contribution is 2.52. The number of ether oxygens (including phenoxy) is 2. The fourth-order valence-electron chi connectivity index (χ4n) is 5.21. The maximum atomic E-state index is 12.6. The number of carbonyl (C=O) groups is 1. The number of likely N-dealkylation sites (N-methyl/N-ethyl adjacent to an activating group) is 1. The smallest absolute Gasteiger partial charge is 0.316 e. The molecule has 7 atom stereocenters. The van der Waals surface area contributed by atoms with Gasteiger partial charge in [0.1, 0.15) is 36.3 Å².